The van der Waals surface area contributed by atoms with Crippen LogP contribution in [-0.4, -0.2) is 23.2 Å². The van der Waals surface area contributed by atoms with Crippen LogP contribution in [0.5, 0.6) is 0 Å². The van der Waals surface area contributed by atoms with E-state index in [1.54, 1.807) is 25.2 Å². The lowest BCUT2D eigenvalue weighted by Crippen LogP contribution is -2.12. The van der Waals surface area contributed by atoms with Gasteiger partial charge in [0.25, 0.3) is 5.91 Å². The molecule has 0 saturated heterocycles. The van der Waals surface area contributed by atoms with Gasteiger partial charge in [-0.05, 0) is 40.8 Å². The van der Waals surface area contributed by atoms with Gasteiger partial charge in [-0.3, -0.25) is 4.79 Å². The van der Waals surface area contributed by atoms with Crippen molar-refractivity contribution in [2.75, 3.05) is 17.7 Å². The first-order chi connectivity index (χ1) is 8.60. The van der Waals surface area contributed by atoms with Crippen molar-refractivity contribution >= 4 is 62.3 Å². The minimum absolute atomic E-state index is 0.283. The van der Waals surface area contributed by atoms with Gasteiger partial charge in [-0.15, -0.1) is 10.2 Å². The molecule has 2 aromatic rings. The highest BCUT2D eigenvalue weighted by Crippen LogP contribution is 2.23. The van der Waals surface area contributed by atoms with Gasteiger partial charge in [0.2, 0.25) is 10.1 Å². The van der Waals surface area contributed by atoms with E-state index in [0.717, 1.165) is 3.57 Å². The molecule has 0 aliphatic carbocycles. The van der Waals surface area contributed by atoms with Crippen LogP contribution in [0.15, 0.2) is 18.2 Å². The van der Waals surface area contributed by atoms with Gasteiger partial charge in [-0.2, -0.15) is 0 Å². The molecule has 0 radical (unpaired) electrons. The molecule has 1 aromatic heterocycles. The van der Waals surface area contributed by atoms with Crippen molar-refractivity contribution in [2.24, 2.45) is 0 Å². The number of carbonyl (C=O) groups excluding carboxylic acids is 1. The predicted molar refractivity (Wildman–Crippen MR) is 81.6 cm³/mol. The molecule has 0 atom stereocenters. The first-order valence-electron chi connectivity index (χ1n) is 4.88. The van der Waals surface area contributed by atoms with Gasteiger partial charge in [-0.1, -0.05) is 22.9 Å². The molecule has 2 rings (SSSR count). The predicted octanol–water partition coefficient (Wildman–Crippen LogP) is 3.09. The van der Waals surface area contributed by atoms with Gasteiger partial charge in [0.05, 0.1) is 5.69 Å². The number of amides is 1. The molecule has 0 bridgehead atoms. The topological polar surface area (TPSA) is 66.9 Å². The van der Waals surface area contributed by atoms with Crippen LogP contribution in [0.1, 0.15) is 9.80 Å². The fourth-order valence-corrected chi connectivity index (χ4v) is 2.78. The van der Waals surface area contributed by atoms with Crippen LogP contribution < -0.4 is 10.6 Å². The number of carbonyl (C=O) groups is 1. The van der Waals surface area contributed by atoms with E-state index < -0.39 is 0 Å². The van der Waals surface area contributed by atoms with E-state index in [9.17, 15) is 4.79 Å². The van der Waals surface area contributed by atoms with Gasteiger partial charge >= 0.3 is 0 Å². The third-order valence-corrected chi connectivity index (χ3v) is 4.08. The summed E-state index contributed by atoms with van der Waals surface area (Å²) >= 11 is 9.15. The molecule has 0 fully saturated rings. The first-order valence-corrected chi connectivity index (χ1v) is 7.15. The maximum absolute atomic E-state index is 11.9. The van der Waals surface area contributed by atoms with Crippen LogP contribution in [0, 0.1) is 3.57 Å². The Kier molecular flexibility index (Phi) is 4.36. The molecule has 0 unspecified atom stereocenters. The summed E-state index contributed by atoms with van der Waals surface area (Å²) in [5.41, 5.74) is 0.700. The van der Waals surface area contributed by atoms with Crippen LogP contribution in [0.4, 0.5) is 10.8 Å². The van der Waals surface area contributed by atoms with Crippen LogP contribution in [-0.2, 0) is 0 Å². The minimum atomic E-state index is -0.283. The molecule has 1 aromatic carbocycles. The molecular weight excluding hydrogens is 387 g/mol. The van der Waals surface area contributed by atoms with Crippen molar-refractivity contribution in [1.82, 2.24) is 10.2 Å². The quantitative estimate of drug-likeness (QED) is 0.785. The average Bonchev–Trinajstić information content (AvgIpc) is 2.81. The third-order valence-electron chi connectivity index (χ3n) is 2.01. The Morgan fingerprint density at radius 3 is 2.83 bits per heavy atom. The lowest BCUT2D eigenvalue weighted by atomic mass is 10.3. The van der Waals surface area contributed by atoms with Crippen LogP contribution >= 0.6 is 45.5 Å². The van der Waals surface area contributed by atoms with E-state index in [0.29, 0.717) is 20.8 Å². The molecule has 0 spiro atoms. The zero-order valence-electron chi connectivity index (χ0n) is 9.20. The molecule has 2 N–H and O–H groups in total. The Hall–Kier alpha value is -0.930. The Morgan fingerprint density at radius 1 is 1.44 bits per heavy atom. The number of rotatable bonds is 3. The number of nitrogens with zero attached hydrogens (tertiary/aromatic N) is 2. The summed E-state index contributed by atoms with van der Waals surface area (Å²) in [5.74, 6) is -0.283. The van der Waals surface area contributed by atoms with Gasteiger partial charge in [0, 0.05) is 15.6 Å². The lowest BCUT2D eigenvalue weighted by Gasteiger charge is -2.05. The van der Waals surface area contributed by atoms with E-state index in [2.05, 4.69) is 43.4 Å². The standard InChI is InChI=1S/C10H8ClIN4OS/c1-13-10-16-15-9(18-10)8(17)14-7-3-2-5(11)4-6(7)12/h2-4H,1H3,(H,13,16)(H,14,17). The van der Waals surface area contributed by atoms with Crippen molar-refractivity contribution in [3.63, 3.8) is 0 Å². The summed E-state index contributed by atoms with van der Waals surface area (Å²) in [6.07, 6.45) is 0. The van der Waals surface area contributed by atoms with Gasteiger partial charge in [-0.25, -0.2) is 0 Å². The highest BCUT2D eigenvalue weighted by molar-refractivity contribution is 14.1. The molecule has 8 heteroatoms. The molecule has 5 nitrogen and oxygen atoms in total. The summed E-state index contributed by atoms with van der Waals surface area (Å²) in [4.78, 5) is 11.9. The second-order valence-electron chi connectivity index (χ2n) is 3.24. The molecule has 1 amide bonds. The fraction of sp³-hybridized carbons (Fsp3) is 0.100. The average molecular weight is 395 g/mol. The summed E-state index contributed by atoms with van der Waals surface area (Å²) in [6.45, 7) is 0. The highest BCUT2D eigenvalue weighted by atomic mass is 127. The molecule has 0 aliphatic heterocycles. The third kappa shape index (κ3) is 3.09. The summed E-state index contributed by atoms with van der Waals surface area (Å²) in [5, 5.41) is 14.7. The van der Waals surface area contributed by atoms with Crippen LogP contribution in [0.2, 0.25) is 5.02 Å². The number of hydrogen-bond donors (Lipinski definition) is 2. The van der Waals surface area contributed by atoms with Crippen molar-refractivity contribution < 1.29 is 4.79 Å². The molecule has 0 aliphatic rings. The fourth-order valence-electron chi connectivity index (χ4n) is 1.18. The number of anilines is 2. The smallest absolute Gasteiger partial charge is 0.286 e. The summed E-state index contributed by atoms with van der Waals surface area (Å²) in [6, 6.07) is 5.25. The SMILES string of the molecule is CNc1nnc(C(=O)Nc2ccc(Cl)cc2I)s1. The first kappa shape index (κ1) is 13.5. The van der Waals surface area contributed by atoms with Crippen LogP contribution in [0.25, 0.3) is 0 Å². The van der Waals surface area contributed by atoms with E-state index in [1.807, 2.05) is 0 Å². The number of nitrogens with one attached hydrogen (secondary N) is 2. The number of aromatic nitrogens is 2. The van der Waals surface area contributed by atoms with Crippen molar-refractivity contribution in [3.05, 3.63) is 31.8 Å². The number of halogens is 2. The van der Waals surface area contributed by atoms with Gasteiger partial charge in [0.1, 0.15) is 0 Å². The second-order valence-corrected chi connectivity index (χ2v) is 5.82. The molecular formula is C10H8ClIN4OS. The summed E-state index contributed by atoms with van der Waals surface area (Å²) in [7, 11) is 1.73. The van der Waals surface area contributed by atoms with Gasteiger partial charge in [0.15, 0.2) is 0 Å². The van der Waals surface area contributed by atoms with E-state index in [4.69, 9.17) is 11.6 Å². The van der Waals surface area contributed by atoms with Crippen LogP contribution in [0.3, 0.4) is 0 Å². The van der Waals surface area contributed by atoms with Crippen molar-refractivity contribution in [2.45, 2.75) is 0 Å². The van der Waals surface area contributed by atoms with Crippen molar-refractivity contribution in [3.8, 4) is 0 Å². The number of benzene rings is 1. The Bertz CT molecular complexity index is 589. The zero-order chi connectivity index (χ0) is 13.1. The van der Waals surface area contributed by atoms with E-state index in [-0.39, 0.29) is 5.91 Å². The minimum Gasteiger partial charge on any atom is -0.363 e. The molecule has 94 valence electrons. The van der Waals surface area contributed by atoms with E-state index in [1.165, 1.54) is 11.3 Å². The zero-order valence-corrected chi connectivity index (χ0v) is 12.9. The second kappa shape index (κ2) is 5.81. The lowest BCUT2D eigenvalue weighted by molar-refractivity contribution is 0.102. The maximum Gasteiger partial charge on any atom is 0.286 e. The highest BCUT2D eigenvalue weighted by Gasteiger charge is 2.13. The Morgan fingerprint density at radius 2 is 2.22 bits per heavy atom. The molecule has 0 saturated carbocycles. The van der Waals surface area contributed by atoms with Gasteiger partial charge < -0.3 is 10.6 Å². The molecule has 1 heterocycles. The normalized spacial score (nSPS) is 10.2. The maximum atomic E-state index is 11.9. The number of hydrogen-bond acceptors (Lipinski definition) is 5. The molecule has 18 heavy (non-hydrogen) atoms. The largest absolute Gasteiger partial charge is 0.363 e. The Labute approximate surface area is 126 Å². The Balaban J connectivity index is 2.16. The summed E-state index contributed by atoms with van der Waals surface area (Å²) < 4.78 is 0.867. The van der Waals surface area contributed by atoms with Crippen molar-refractivity contribution in [1.29, 1.82) is 0 Å². The monoisotopic (exact) mass is 394 g/mol. The van der Waals surface area contributed by atoms with E-state index >= 15 is 0 Å².